The molecule has 0 saturated heterocycles. The molecule has 2 atom stereocenters. The van der Waals surface area contributed by atoms with Crippen LogP contribution < -0.4 is 5.32 Å². The summed E-state index contributed by atoms with van der Waals surface area (Å²) in [6.07, 6.45) is 5.77. The van der Waals surface area contributed by atoms with Gasteiger partial charge in [0.25, 0.3) is 0 Å². The molecule has 0 spiro atoms. The molecule has 1 saturated carbocycles. The highest BCUT2D eigenvalue weighted by molar-refractivity contribution is 5.76. The number of carbonyl (C=O) groups is 2. The number of amides is 1. The van der Waals surface area contributed by atoms with E-state index in [1.165, 1.54) is 0 Å². The summed E-state index contributed by atoms with van der Waals surface area (Å²) in [5.74, 6) is -0.923. The number of carboxylic acids is 1. The standard InChI is InChI=1S/C12H21NO3/c1-2-3-4-5-11(14)13-10-7-6-9(8-10)12(15)16/h9-10H,2-8H2,1H3,(H,13,14)(H,15,16)/t9-,10+/m1/s1. The van der Waals surface area contributed by atoms with Crippen molar-refractivity contribution in [3.8, 4) is 0 Å². The van der Waals surface area contributed by atoms with Crippen molar-refractivity contribution in [1.82, 2.24) is 5.32 Å². The van der Waals surface area contributed by atoms with E-state index >= 15 is 0 Å². The molecule has 0 bridgehead atoms. The highest BCUT2D eigenvalue weighted by Gasteiger charge is 2.30. The molecule has 1 aliphatic carbocycles. The molecule has 16 heavy (non-hydrogen) atoms. The van der Waals surface area contributed by atoms with E-state index in [1.807, 2.05) is 0 Å². The first-order valence-corrected chi connectivity index (χ1v) is 6.15. The molecule has 0 aromatic carbocycles. The monoisotopic (exact) mass is 227 g/mol. The van der Waals surface area contributed by atoms with Gasteiger partial charge in [0.2, 0.25) is 5.91 Å². The SMILES string of the molecule is CCCCCC(=O)N[C@H]1CC[C@@H](C(=O)O)C1. The Bertz CT molecular complexity index is 253. The van der Waals surface area contributed by atoms with Crippen molar-refractivity contribution in [3.05, 3.63) is 0 Å². The van der Waals surface area contributed by atoms with Crippen molar-refractivity contribution in [1.29, 1.82) is 0 Å². The van der Waals surface area contributed by atoms with Crippen molar-refractivity contribution in [2.24, 2.45) is 5.92 Å². The maximum Gasteiger partial charge on any atom is 0.306 e. The average Bonchev–Trinajstić information content (AvgIpc) is 2.66. The number of unbranched alkanes of at least 4 members (excludes halogenated alkanes) is 2. The van der Waals surface area contributed by atoms with Crippen molar-refractivity contribution < 1.29 is 14.7 Å². The first-order chi connectivity index (χ1) is 7.63. The molecule has 0 aliphatic heterocycles. The Hall–Kier alpha value is -1.06. The van der Waals surface area contributed by atoms with Crippen LogP contribution in [0.5, 0.6) is 0 Å². The molecule has 1 amide bonds. The fourth-order valence-electron chi connectivity index (χ4n) is 2.17. The van der Waals surface area contributed by atoms with Gasteiger partial charge in [0, 0.05) is 12.5 Å². The molecule has 4 nitrogen and oxygen atoms in total. The maximum absolute atomic E-state index is 11.5. The molecule has 0 aromatic rings. The van der Waals surface area contributed by atoms with E-state index < -0.39 is 5.97 Å². The zero-order valence-electron chi connectivity index (χ0n) is 9.87. The van der Waals surface area contributed by atoms with Crippen molar-refractivity contribution >= 4 is 11.9 Å². The lowest BCUT2D eigenvalue weighted by molar-refractivity contribution is -0.141. The van der Waals surface area contributed by atoms with Crippen LogP contribution in [0.15, 0.2) is 0 Å². The smallest absolute Gasteiger partial charge is 0.306 e. The topological polar surface area (TPSA) is 66.4 Å². The fraction of sp³-hybridized carbons (Fsp3) is 0.833. The number of aliphatic carboxylic acids is 1. The number of hydrogen-bond donors (Lipinski definition) is 2. The Morgan fingerprint density at radius 3 is 2.62 bits per heavy atom. The molecule has 2 N–H and O–H groups in total. The second-order valence-electron chi connectivity index (χ2n) is 4.57. The van der Waals surface area contributed by atoms with Gasteiger partial charge in [-0.15, -0.1) is 0 Å². The highest BCUT2D eigenvalue weighted by Crippen LogP contribution is 2.25. The van der Waals surface area contributed by atoms with Gasteiger partial charge in [-0.3, -0.25) is 9.59 Å². The van der Waals surface area contributed by atoms with Gasteiger partial charge in [-0.05, 0) is 25.7 Å². The van der Waals surface area contributed by atoms with E-state index in [1.54, 1.807) is 0 Å². The Morgan fingerprint density at radius 1 is 1.31 bits per heavy atom. The summed E-state index contributed by atoms with van der Waals surface area (Å²) in [4.78, 5) is 22.2. The van der Waals surface area contributed by atoms with Crippen LogP contribution in [-0.4, -0.2) is 23.0 Å². The number of carbonyl (C=O) groups excluding carboxylic acids is 1. The molecule has 4 heteroatoms. The first kappa shape index (κ1) is 13.0. The summed E-state index contributed by atoms with van der Waals surface area (Å²) < 4.78 is 0. The largest absolute Gasteiger partial charge is 0.481 e. The van der Waals surface area contributed by atoms with Crippen molar-refractivity contribution in [3.63, 3.8) is 0 Å². The lowest BCUT2D eigenvalue weighted by Crippen LogP contribution is -2.33. The molecular formula is C12H21NO3. The van der Waals surface area contributed by atoms with Crippen LogP contribution in [0.2, 0.25) is 0 Å². The summed E-state index contributed by atoms with van der Waals surface area (Å²) in [5, 5.41) is 11.7. The Balaban J connectivity index is 2.18. The van der Waals surface area contributed by atoms with Crippen LogP contribution >= 0.6 is 0 Å². The van der Waals surface area contributed by atoms with Gasteiger partial charge >= 0.3 is 5.97 Å². The number of rotatable bonds is 6. The molecule has 1 rings (SSSR count). The highest BCUT2D eigenvalue weighted by atomic mass is 16.4. The van der Waals surface area contributed by atoms with E-state index in [9.17, 15) is 9.59 Å². The van der Waals surface area contributed by atoms with Gasteiger partial charge in [0.05, 0.1) is 5.92 Å². The van der Waals surface area contributed by atoms with E-state index in [0.717, 1.165) is 25.7 Å². The Kier molecular flexibility index (Phi) is 5.29. The number of nitrogens with one attached hydrogen (secondary N) is 1. The second-order valence-corrected chi connectivity index (χ2v) is 4.57. The normalized spacial score (nSPS) is 24.3. The van der Waals surface area contributed by atoms with Crippen LogP contribution in [-0.2, 0) is 9.59 Å². The summed E-state index contributed by atoms with van der Waals surface area (Å²) in [6, 6.07) is 0.0789. The van der Waals surface area contributed by atoms with E-state index in [4.69, 9.17) is 5.11 Å². The molecule has 0 aromatic heterocycles. The van der Waals surface area contributed by atoms with Gasteiger partial charge in [0.1, 0.15) is 0 Å². The quantitative estimate of drug-likeness (QED) is 0.681. The molecular weight excluding hydrogens is 206 g/mol. The molecule has 0 unspecified atom stereocenters. The molecule has 0 heterocycles. The van der Waals surface area contributed by atoms with Crippen LogP contribution in [0, 0.1) is 5.92 Å². The summed E-state index contributed by atoms with van der Waals surface area (Å²) >= 11 is 0. The Morgan fingerprint density at radius 2 is 2.06 bits per heavy atom. The molecule has 1 fully saturated rings. The van der Waals surface area contributed by atoms with E-state index in [0.29, 0.717) is 19.3 Å². The average molecular weight is 227 g/mol. The number of carboxylic acid groups (broad SMARTS) is 1. The second kappa shape index (κ2) is 6.51. The zero-order chi connectivity index (χ0) is 12.0. The van der Waals surface area contributed by atoms with Crippen LogP contribution in [0.4, 0.5) is 0 Å². The lowest BCUT2D eigenvalue weighted by Gasteiger charge is -2.12. The van der Waals surface area contributed by atoms with E-state index in [2.05, 4.69) is 12.2 Å². The van der Waals surface area contributed by atoms with Crippen LogP contribution in [0.1, 0.15) is 51.9 Å². The third kappa shape index (κ3) is 4.21. The van der Waals surface area contributed by atoms with Crippen LogP contribution in [0.3, 0.4) is 0 Å². The van der Waals surface area contributed by atoms with Gasteiger partial charge in [-0.2, -0.15) is 0 Å². The third-order valence-corrected chi connectivity index (χ3v) is 3.15. The molecule has 0 radical (unpaired) electrons. The van der Waals surface area contributed by atoms with E-state index in [-0.39, 0.29) is 17.9 Å². The predicted octanol–water partition coefficient (Wildman–Crippen LogP) is 1.94. The van der Waals surface area contributed by atoms with Gasteiger partial charge in [-0.1, -0.05) is 19.8 Å². The minimum atomic E-state index is -0.734. The zero-order valence-corrected chi connectivity index (χ0v) is 9.87. The van der Waals surface area contributed by atoms with Gasteiger partial charge in [0.15, 0.2) is 0 Å². The van der Waals surface area contributed by atoms with Crippen molar-refractivity contribution in [2.75, 3.05) is 0 Å². The fourth-order valence-corrected chi connectivity index (χ4v) is 2.17. The van der Waals surface area contributed by atoms with Gasteiger partial charge in [-0.25, -0.2) is 0 Å². The third-order valence-electron chi connectivity index (χ3n) is 3.15. The lowest BCUT2D eigenvalue weighted by atomic mass is 10.1. The molecule has 92 valence electrons. The minimum Gasteiger partial charge on any atom is -0.481 e. The maximum atomic E-state index is 11.5. The van der Waals surface area contributed by atoms with Crippen LogP contribution in [0.25, 0.3) is 0 Å². The first-order valence-electron chi connectivity index (χ1n) is 6.15. The number of hydrogen-bond acceptors (Lipinski definition) is 2. The predicted molar refractivity (Wildman–Crippen MR) is 61.0 cm³/mol. The summed E-state index contributed by atoms with van der Waals surface area (Å²) in [5.41, 5.74) is 0. The summed E-state index contributed by atoms with van der Waals surface area (Å²) in [7, 11) is 0. The minimum absolute atomic E-state index is 0.0736. The van der Waals surface area contributed by atoms with Gasteiger partial charge < -0.3 is 10.4 Å². The van der Waals surface area contributed by atoms with Crippen molar-refractivity contribution in [2.45, 2.75) is 57.9 Å². The molecule has 1 aliphatic rings. The summed E-state index contributed by atoms with van der Waals surface area (Å²) in [6.45, 7) is 2.10. The Labute approximate surface area is 96.4 Å².